The van der Waals surface area contributed by atoms with E-state index < -0.39 is 6.10 Å². The highest BCUT2D eigenvalue weighted by atomic mass is 16.3. The van der Waals surface area contributed by atoms with Crippen molar-refractivity contribution in [3.63, 3.8) is 0 Å². The van der Waals surface area contributed by atoms with Crippen molar-refractivity contribution in [3.8, 4) is 0 Å². The summed E-state index contributed by atoms with van der Waals surface area (Å²) in [6, 6.07) is 20.3. The zero-order chi connectivity index (χ0) is 12.8. The van der Waals surface area contributed by atoms with Crippen LogP contribution in [0.25, 0.3) is 0 Å². The second-order valence-corrected chi connectivity index (χ2v) is 4.32. The molecule has 0 unspecified atom stereocenters. The standard InChI is InChI=1S/C17H18O/c1-2-9-16(18)17(14-10-5-3-6-11-14)15-12-7-4-8-13-15/h2-13,16-18H,1H3/b9-2+/t16-/m1/s1. The molecule has 0 aliphatic carbocycles. The van der Waals surface area contributed by atoms with E-state index in [4.69, 9.17) is 0 Å². The molecule has 1 heteroatoms. The zero-order valence-electron chi connectivity index (χ0n) is 10.5. The van der Waals surface area contributed by atoms with Gasteiger partial charge < -0.3 is 5.11 Å². The molecule has 0 aliphatic heterocycles. The summed E-state index contributed by atoms with van der Waals surface area (Å²) in [4.78, 5) is 0. The first-order valence-corrected chi connectivity index (χ1v) is 6.23. The van der Waals surface area contributed by atoms with Crippen molar-refractivity contribution >= 4 is 0 Å². The molecule has 0 aromatic heterocycles. The minimum Gasteiger partial charge on any atom is -0.388 e. The smallest absolute Gasteiger partial charge is 0.0829 e. The van der Waals surface area contributed by atoms with Crippen LogP contribution in [0.15, 0.2) is 72.8 Å². The largest absolute Gasteiger partial charge is 0.388 e. The quantitative estimate of drug-likeness (QED) is 0.804. The first-order chi connectivity index (χ1) is 8.83. The van der Waals surface area contributed by atoms with Crippen LogP contribution in [-0.4, -0.2) is 11.2 Å². The van der Waals surface area contributed by atoms with Crippen molar-refractivity contribution < 1.29 is 5.11 Å². The lowest BCUT2D eigenvalue weighted by atomic mass is 9.86. The Hall–Kier alpha value is -1.86. The molecule has 0 heterocycles. The lowest BCUT2D eigenvalue weighted by Gasteiger charge is -2.21. The van der Waals surface area contributed by atoms with Gasteiger partial charge in [-0.1, -0.05) is 72.8 Å². The van der Waals surface area contributed by atoms with Gasteiger partial charge in [0.05, 0.1) is 6.10 Å². The Balaban J connectivity index is 2.41. The Bertz CT molecular complexity index is 448. The van der Waals surface area contributed by atoms with Gasteiger partial charge in [0, 0.05) is 5.92 Å². The van der Waals surface area contributed by atoms with Gasteiger partial charge in [-0.3, -0.25) is 0 Å². The fourth-order valence-corrected chi connectivity index (χ4v) is 2.22. The molecular formula is C17H18O. The van der Waals surface area contributed by atoms with Crippen molar-refractivity contribution in [1.29, 1.82) is 0 Å². The Kier molecular flexibility index (Phi) is 4.32. The van der Waals surface area contributed by atoms with Gasteiger partial charge in [0.1, 0.15) is 0 Å². The second-order valence-electron chi connectivity index (χ2n) is 4.32. The molecule has 1 nitrogen and oxygen atoms in total. The van der Waals surface area contributed by atoms with Crippen LogP contribution in [0.4, 0.5) is 0 Å². The fourth-order valence-electron chi connectivity index (χ4n) is 2.22. The van der Waals surface area contributed by atoms with Gasteiger partial charge in [0.25, 0.3) is 0 Å². The molecule has 0 radical (unpaired) electrons. The molecular weight excluding hydrogens is 220 g/mol. The summed E-state index contributed by atoms with van der Waals surface area (Å²) in [6.45, 7) is 1.93. The summed E-state index contributed by atoms with van der Waals surface area (Å²) in [5.74, 6) is -0.0106. The van der Waals surface area contributed by atoms with Crippen LogP contribution in [0, 0.1) is 0 Å². The van der Waals surface area contributed by atoms with Crippen LogP contribution in [0.3, 0.4) is 0 Å². The summed E-state index contributed by atoms with van der Waals surface area (Å²) >= 11 is 0. The minimum atomic E-state index is -0.500. The van der Waals surface area contributed by atoms with Crippen molar-refractivity contribution in [2.45, 2.75) is 18.9 Å². The average Bonchev–Trinajstić information content (AvgIpc) is 2.42. The molecule has 0 amide bonds. The highest BCUT2D eigenvalue weighted by molar-refractivity contribution is 5.34. The normalized spacial score (nSPS) is 13.1. The summed E-state index contributed by atoms with van der Waals surface area (Å²) in [5, 5.41) is 10.3. The van der Waals surface area contributed by atoms with E-state index in [9.17, 15) is 5.11 Å². The molecule has 1 N–H and O–H groups in total. The lowest BCUT2D eigenvalue weighted by molar-refractivity contribution is 0.204. The maximum Gasteiger partial charge on any atom is 0.0829 e. The Morgan fingerprint density at radius 1 is 0.833 bits per heavy atom. The SMILES string of the molecule is C/C=C/[C@@H](O)C(c1ccccc1)c1ccccc1. The van der Waals surface area contributed by atoms with Crippen LogP contribution >= 0.6 is 0 Å². The van der Waals surface area contributed by atoms with Crippen LogP contribution in [-0.2, 0) is 0 Å². The van der Waals surface area contributed by atoms with Gasteiger partial charge >= 0.3 is 0 Å². The van der Waals surface area contributed by atoms with Gasteiger partial charge in [-0.2, -0.15) is 0 Å². The van der Waals surface area contributed by atoms with E-state index in [1.165, 1.54) is 0 Å². The third-order valence-electron chi connectivity index (χ3n) is 3.05. The van der Waals surface area contributed by atoms with E-state index in [1.807, 2.05) is 55.5 Å². The van der Waals surface area contributed by atoms with Crippen LogP contribution in [0.1, 0.15) is 24.0 Å². The van der Waals surface area contributed by atoms with E-state index in [-0.39, 0.29) is 5.92 Å². The van der Waals surface area contributed by atoms with Crippen LogP contribution < -0.4 is 0 Å². The average molecular weight is 238 g/mol. The monoisotopic (exact) mass is 238 g/mol. The van der Waals surface area contributed by atoms with Crippen molar-refractivity contribution in [1.82, 2.24) is 0 Å². The number of hydrogen-bond acceptors (Lipinski definition) is 1. The van der Waals surface area contributed by atoms with Crippen molar-refractivity contribution in [2.75, 3.05) is 0 Å². The van der Waals surface area contributed by atoms with Gasteiger partial charge in [-0.05, 0) is 18.1 Å². The lowest BCUT2D eigenvalue weighted by Crippen LogP contribution is -2.17. The van der Waals surface area contributed by atoms with E-state index >= 15 is 0 Å². The number of aliphatic hydroxyl groups is 1. The second kappa shape index (κ2) is 6.18. The third kappa shape index (κ3) is 2.88. The van der Waals surface area contributed by atoms with E-state index in [0.29, 0.717) is 0 Å². The number of allylic oxidation sites excluding steroid dienone is 1. The Morgan fingerprint density at radius 3 is 1.67 bits per heavy atom. The molecule has 0 fully saturated rings. The van der Waals surface area contributed by atoms with E-state index in [0.717, 1.165) is 11.1 Å². The molecule has 1 atom stereocenters. The van der Waals surface area contributed by atoms with E-state index in [2.05, 4.69) is 24.3 Å². The fraction of sp³-hybridized carbons (Fsp3) is 0.176. The molecule has 2 rings (SSSR count). The predicted octanol–water partition coefficient (Wildman–Crippen LogP) is 3.76. The Morgan fingerprint density at radius 2 is 1.28 bits per heavy atom. The van der Waals surface area contributed by atoms with Gasteiger partial charge in [0.2, 0.25) is 0 Å². The highest BCUT2D eigenvalue weighted by Gasteiger charge is 2.20. The summed E-state index contributed by atoms with van der Waals surface area (Å²) in [5.41, 5.74) is 2.27. The topological polar surface area (TPSA) is 20.2 Å². The first kappa shape index (κ1) is 12.6. The molecule has 0 saturated heterocycles. The van der Waals surface area contributed by atoms with Crippen LogP contribution in [0.2, 0.25) is 0 Å². The number of aliphatic hydroxyl groups excluding tert-OH is 1. The molecule has 0 spiro atoms. The number of benzene rings is 2. The predicted molar refractivity (Wildman–Crippen MR) is 75.5 cm³/mol. The van der Waals surface area contributed by atoms with Crippen molar-refractivity contribution in [3.05, 3.63) is 83.9 Å². The van der Waals surface area contributed by atoms with Gasteiger partial charge in [-0.25, -0.2) is 0 Å². The highest BCUT2D eigenvalue weighted by Crippen LogP contribution is 2.28. The molecule has 0 saturated carbocycles. The molecule has 0 aliphatic rings. The molecule has 92 valence electrons. The molecule has 2 aromatic carbocycles. The van der Waals surface area contributed by atoms with Crippen molar-refractivity contribution in [2.24, 2.45) is 0 Å². The minimum absolute atomic E-state index is 0.0106. The molecule has 2 aromatic rings. The van der Waals surface area contributed by atoms with Gasteiger partial charge in [0.15, 0.2) is 0 Å². The first-order valence-electron chi connectivity index (χ1n) is 6.23. The summed E-state index contributed by atoms with van der Waals surface area (Å²) < 4.78 is 0. The third-order valence-corrected chi connectivity index (χ3v) is 3.05. The maximum absolute atomic E-state index is 10.3. The summed E-state index contributed by atoms with van der Waals surface area (Å²) in [6.07, 6.45) is 3.23. The van der Waals surface area contributed by atoms with E-state index in [1.54, 1.807) is 0 Å². The zero-order valence-corrected chi connectivity index (χ0v) is 10.5. The summed E-state index contributed by atoms with van der Waals surface area (Å²) in [7, 11) is 0. The Labute approximate surface area is 108 Å². The molecule has 18 heavy (non-hydrogen) atoms. The maximum atomic E-state index is 10.3. The number of rotatable bonds is 4. The van der Waals surface area contributed by atoms with Gasteiger partial charge in [-0.15, -0.1) is 0 Å². The van der Waals surface area contributed by atoms with Crippen LogP contribution in [0.5, 0.6) is 0 Å². The number of hydrogen-bond donors (Lipinski definition) is 1. The molecule has 0 bridgehead atoms.